The molecule has 0 unspecified atom stereocenters. The van der Waals surface area contributed by atoms with E-state index < -0.39 is 25.2 Å². The van der Waals surface area contributed by atoms with Crippen molar-refractivity contribution < 1.29 is 29.3 Å². The maximum absolute atomic E-state index is 12.4. The van der Waals surface area contributed by atoms with Crippen LogP contribution in [0.2, 0.25) is 0 Å². The first-order valence-corrected chi connectivity index (χ1v) is 8.83. The van der Waals surface area contributed by atoms with E-state index in [9.17, 15) is 19.8 Å². The molecule has 0 fully saturated rings. The number of esters is 2. The van der Waals surface area contributed by atoms with Crippen LogP contribution < -0.4 is 4.74 Å². The van der Waals surface area contributed by atoms with Gasteiger partial charge < -0.3 is 19.7 Å². The fraction of sp³-hybridized carbons (Fsp3) is 0.136. The summed E-state index contributed by atoms with van der Waals surface area (Å²) in [5.41, 5.74) is 1.54. The first-order chi connectivity index (χ1) is 14.1. The lowest BCUT2D eigenvalue weighted by atomic mass is 10.0. The van der Waals surface area contributed by atoms with Crippen LogP contribution in [0.4, 0.5) is 0 Å². The lowest BCUT2D eigenvalue weighted by molar-refractivity contribution is 0.0472. The second-order valence-electron chi connectivity index (χ2n) is 6.13. The van der Waals surface area contributed by atoms with Gasteiger partial charge >= 0.3 is 11.9 Å². The molecule has 148 valence electrons. The summed E-state index contributed by atoms with van der Waals surface area (Å²) in [5, 5.41) is 19.4. The summed E-state index contributed by atoms with van der Waals surface area (Å²) in [7, 11) is 0. The Hall–Kier alpha value is -3.55. The van der Waals surface area contributed by atoms with Crippen molar-refractivity contribution in [2.45, 2.75) is 19.8 Å². The number of aliphatic hydroxyl groups is 2. The zero-order chi connectivity index (χ0) is 20.6. The fourth-order valence-electron chi connectivity index (χ4n) is 2.68. The maximum Gasteiger partial charge on any atom is 0.345 e. The van der Waals surface area contributed by atoms with E-state index in [1.165, 1.54) is 30.6 Å². The molecule has 0 aliphatic carbocycles. The molecule has 0 atom stereocenters. The Labute approximate surface area is 167 Å². The molecular weight excluding hydrogens is 374 g/mol. The Morgan fingerprint density at radius 3 is 2.14 bits per heavy atom. The van der Waals surface area contributed by atoms with E-state index in [1.807, 2.05) is 30.3 Å². The molecule has 0 aliphatic rings. The number of aliphatic hydroxyl groups excluding tert-OH is 2. The SMILES string of the molecule is O=C(OCc1ccccc1)c1cc(CO)c(OC(=O)c2cccnc2)c(CO)c1. The summed E-state index contributed by atoms with van der Waals surface area (Å²) in [6.07, 6.45) is 2.86. The first-order valence-electron chi connectivity index (χ1n) is 8.83. The molecular formula is C22H19NO6. The molecule has 0 aliphatic heterocycles. The van der Waals surface area contributed by atoms with E-state index >= 15 is 0 Å². The molecule has 0 bridgehead atoms. The van der Waals surface area contributed by atoms with Crippen LogP contribution in [0, 0.1) is 0 Å². The second kappa shape index (κ2) is 9.59. The van der Waals surface area contributed by atoms with Gasteiger partial charge in [0.25, 0.3) is 0 Å². The van der Waals surface area contributed by atoms with Gasteiger partial charge in [-0.25, -0.2) is 9.59 Å². The third kappa shape index (κ3) is 5.04. The number of benzene rings is 2. The van der Waals surface area contributed by atoms with Crippen LogP contribution in [0.5, 0.6) is 5.75 Å². The number of hydrogen-bond donors (Lipinski definition) is 2. The van der Waals surface area contributed by atoms with Crippen LogP contribution in [0.1, 0.15) is 37.4 Å². The minimum absolute atomic E-state index is 0.00321. The average molecular weight is 393 g/mol. The normalized spacial score (nSPS) is 10.4. The highest BCUT2D eigenvalue weighted by molar-refractivity contribution is 5.92. The topological polar surface area (TPSA) is 106 Å². The Kier molecular flexibility index (Phi) is 6.67. The van der Waals surface area contributed by atoms with Crippen LogP contribution >= 0.6 is 0 Å². The molecule has 29 heavy (non-hydrogen) atoms. The van der Waals surface area contributed by atoms with Crippen LogP contribution in [-0.2, 0) is 24.6 Å². The van der Waals surface area contributed by atoms with E-state index in [4.69, 9.17) is 9.47 Å². The number of rotatable bonds is 7. The van der Waals surface area contributed by atoms with E-state index in [1.54, 1.807) is 6.07 Å². The summed E-state index contributed by atoms with van der Waals surface area (Å²) < 4.78 is 10.6. The zero-order valence-electron chi connectivity index (χ0n) is 15.4. The van der Waals surface area contributed by atoms with Crippen LogP contribution in [0.15, 0.2) is 67.0 Å². The molecule has 7 heteroatoms. The van der Waals surface area contributed by atoms with Crippen molar-refractivity contribution in [2.75, 3.05) is 0 Å². The summed E-state index contributed by atoms with van der Waals surface area (Å²) in [6.45, 7) is -0.911. The van der Waals surface area contributed by atoms with Gasteiger partial charge in [0.2, 0.25) is 0 Å². The molecule has 0 saturated heterocycles. The third-order valence-corrected chi connectivity index (χ3v) is 4.12. The lowest BCUT2D eigenvalue weighted by Crippen LogP contribution is -2.14. The summed E-state index contributed by atoms with van der Waals surface area (Å²) in [6, 6.07) is 15.0. The van der Waals surface area contributed by atoms with E-state index in [2.05, 4.69) is 4.98 Å². The number of carbonyl (C=O) groups is 2. The Morgan fingerprint density at radius 2 is 1.55 bits per heavy atom. The highest BCUT2D eigenvalue weighted by Crippen LogP contribution is 2.28. The Morgan fingerprint density at radius 1 is 0.862 bits per heavy atom. The standard InChI is InChI=1S/C22H19NO6/c24-12-18-9-17(21(26)28-14-15-5-2-1-3-6-15)10-19(13-25)20(18)29-22(27)16-7-4-8-23-11-16/h1-11,24-25H,12-14H2. The molecule has 3 rings (SSSR count). The van der Waals surface area contributed by atoms with Crippen molar-refractivity contribution in [3.8, 4) is 5.75 Å². The van der Waals surface area contributed by atoms with E-state index in [0.29, 0.717) is 0 Å². The molecule has 1 aromatic heterocycles. The number of aromatic nitrogens is 1. The predicted octanol–water partition coefficient (Wildman–Crippen LogP) is 2.64. The van der Waals surface area contributed by atoms with Gasteiger partial charge in [0.05, 0.1) is 24.3 Å². The largest absolute Gasteiger partial charge is 0.457 e. The number of hydrogen-bond acceptors (Lipinski definition) is 7. The highest BCUT2D eigenvalue weighted by atomic mass is 16.5. The van der Waals surface area contributed by atoms with Crippen molar-refractivity contribution in [1.82, 2.24) is 4.98 Å². The van der Waals surface area contributed by atoms with Crippen molar-refractivity contribution in [3.63, 3.8) is 0 Å². The smallest absolute Gasteiger partial charge is 0.345 e. The molecule has 0 radical (unpaired) electrons. The molecule has 1 heterocycles. The predicted molar refractivity (Wildman–Crippen MR) is 103 cm³/mol. The van der Waals surface area contributed by atoms with Crippen molar-refractivity contribution >= 4 is 11.9 Å². The van der Waals surface area contributed by atoms with Crippen LogP contribution in [-0.4, -0.2) is 27.1 Å². The Bertz CT molecular complexity index is 964. The van der Waals surface area contributed by atoms with Crippen molar-refractivity contribution in [3.05, 3.63) is 94.8 Å². The minimum atomic E-state index is -0.693. The Balaban J connectivity index is 1.82. The van der Waals surface area contributed by atoms with Gasteiger partial charge in [-0.2, -0.15) is 0 Å². The van der Waals surface area contributed by atoms with Gasteiger partial charge in [-0.15, -0.1) is 0 Å². The number of carbonyl (C=O) groups excluding carboxylic acids is 2. The molecule has 3 aromatic rings. The number of ether oxygens (including phenoxy) is 2. The highest BCUT2D eigenvalue weighted by Gasteiger charge is 2.19. The lowest BCUT2D eigenvalue weighted by Gasteiger charge is -2.15. The first kappa shape index (κ1) is 20.2. The van der Waals surface area contributed by atoms with Crippen LogP contribution in [0.3, 0.4) is 0 Å². The molecule has 0 saturated carbocycles. The van der Waals surface area contributed by atoms with E-state index in [0.717, 1.165) is 5.56 Å². The average Bonchev–Trinajstić information content (AvgIpc) is 2.78. The number of nitrogens with zero attached hydrogens (tertiary/aromatic N) is 1. The summed E-state index contributed by atoms with van der Waals surface area (Å²) >= 11 is 0. The molecule has 2 aromatic carbocycles. The molecule has 7 nitrogen and oxygen atoms in total. The third-order valence-electron chi connectivity index (χ3n) is 4.12. The second-order valence-corrected chi connectivity index (χ2v) is 6.13. The molecule has 0 amide bonds. The van der Waals surface area contributed by atoms with Gasteiger partial charge in [0.15, 0.2) is 0 Å². The quantitative estimate of drug-likeness (QED) is 0.469. The van der Waals surface area contributed by atoms with Gasteiger partial charge in [-0.05, 0) is 29.8 Å². The minimum Gasteiger partial charge on any atom is -0.457 e. The van der Waals surface area contributed by atoms with Gasteiger partial charge in [0.1, 0.15) is 12.4 Å². The maximum atomic E-state index is 12.4. The molecule has 2 N–H and O–H groups in total. The van der Waals surface area contributed by atoms with Gasteiger partial charge in [-0.1, -0.05) is 30.3 Å². The zero-order valence-corrected chi connectivity index (χ0v) is 15.4. The van der Waals surface area contributed by atoms with Crippen molar-refractivity contribution in [2.24, 2.45) is 0 Å². The number of pyridine rings is 1. The van der Waals surface area contributed by atoms with Gasteiger partial charge in [-0.3, -0.25) is 4.98 Å². The van der Waals surface area contributed by atoms with Crippen LogP contribution in [0.25, 0.3) is 0 Å². The molecule has 0 spiro atoms. The van der Waals surface area contributed by atoms with Gasteiger partial charge in [0, 0.05) is 23.5 Å². The summed E-state index contributed by atoms with van der Waals surface area (Å²) in [4.78, 5) is 28.6. The monoisotopic (exact) mass is 393 g/mol. The summed E-state index contributed by atoms with van der Waals surface area (Å²) in [5.74, 6) is -1.31. The fourth-order valence-corrected chi connectivity index (χ4v) is 2.68. The van der Waals surface area contributed by atoms with Crippen molar-refractivity contribution in [1.29, 1.82) is 0 Å². The van der Waals surface area contributed by atoms with E-state index in [-0.39, 0.29) is 34.6 Å².